The van der Waals surface area contributed by atoms with Gasteiger partial charge in [-0.05, 0) is 47.5 Å². The molecule has 4 aliphatic rings. The Kier molecular flexibility index (Phi) is 5.55. The van der Waals surface area contributed by atoms with Crippen LogP contribution < -0.4 is 10.1 Å². The molecule has 1 fully saturated rings. The third-order valence-corrected chi connectivity index (χ3v) is 11.1. The zero-order valence-corrected chi connectivity index (χ0v) is 27.1. The summed E-state index contributed by atoms with van der Waals surface area (Å²) in [6, 6.07) is 53.9. The average molecular weight is 642 g/mol. The number of nitrogens with zero attached hydrogens (tertiary/aromatic N) is 2. The number of amidine groups is 1. The van der Waals surface area contributed by atoms with E-state index in [9.17, 15) is 0 Å². The molecule has 3 atom stereocenters. The van der Waals surface area contributed by atoms with E-state index in [0.29, 0.717) is 0 Å². The number of aliphatic imine (C=N–C) groups is 1. The standard InChI is InChI=1S/C46H31N3O/c1-4-14-30(15-5-1)38-29-45(48-44(47-38)31-16-6-2-7-17-31)41-24-13-25-42-46(41,45)37-22-12-21-34(43(37)50-42)32-26-27-36-35-20-10-11-23-39(35)49(40(36)28-32)33-18-8-3-9-19-33/h1-29,41H,(H,47,48). The van der Waals surface area contributed by atoms with Gasteiger partial charge >= 0.3 is 0 Å². The second-order valence-electron chi connectivity index (χ2n) is 13.6. The number of hydrogen-bond acceptors (Lipinski definition) is 3. The fourth-order valence-corrected chi connectivity index (χ4v) is 8.95. The van der Waals surface area contributed by atoms with Crippen LogP contribution in [-0.4, -0.2) is 15.9 Å². The summed E-state index contributed by atoms with van der Waals surface area (Å²) in [6.07, 6.45) is 8.99. The topological polar surface area (TPSA) is 38.6 Å². The Bertz CT molecular complexity index is 2590. The van der Waals surface area contributed by atoms with E-state index in [1.807, 2.05) is 0 Å². The first-order chi connectivity index (χ1) is 24.8. The zero-order chi connectivity index (χ0) is 32.9. The van der Waals surface area contributed by atoms with Gasteiger partial charge in [0.1, 0.15) is 22.9 Å². The molecule has 4 nitrogen and oxygen atoms in total. The van der Waals surface area contributed by atoms with Gasteiger partial charge in [-0.2, -0.15) is 0 Å². The predicted octanol–water partition coefficient (Wildman–Crippen LogP) is 9.99. The SMILES string of the molecule is C1=CC2C3(C=C(c4ccccc4)NC(c4ccccc4)=N3)C23C(=C1)Oc1c(-c2ccc4c5ccccc5n(-c5ccccc5)c4c2)cccc13. The third-order valence-electron chi connectivity index (χ3n) is 11.1. The Morgan fingerprint density at radius 1 is 0.640 bits per heavy atom. The molecule has 1 aromatic heterocycles. The molecule has 2 aliphatic heterocycles. The van der Waals surface area contributed by atoms with Gasteiger partial charge in [0.2, 0.25) is 0 Å². The van der Waals surface area contributed by atoms with Gasteiger partial charge in [-0.1, -0.05) is 140 Å². The van der Waals surface area contributed by atoms with Crippen molar-refractivity contribution in [1.29, 1.82) is 0 Å². The van der Waals surface area contributed by atoms with Crippen LogP contribution in [0.15, 0.2) is 187 Å². The minimum atomic E-state index is -0.541. The van der Waals surface area contributed by atoms with Crippen LogP contribution in [0, 0.1) is 5.92 Å². The van der Waals surface area contributed by atoms with Crippen LogP contribution in [0.2, 0.25) is 0 Å². The van der Waals surface area contributed by atoms with Crippen molar-refractivity contribution in [2.45, 2.75) is 11.0 Å². The number of rotatable bonds is 4. The monoisotopic (exact) mass is 641 g/mol. The largest absolute Gasteiger partial charge is 0.460 e. The molecule has 2 spiro atoms. The summed E-state index contributed by atoms with van der Waals surface area (Å²) >= 11 is 0. The van der Waals surface area contributed by atoms with E-state index in [2.05, 4.69) is 186 Å². The molecular formula is C46H31N3O. The maximum atomic E-state index is 7.02. The Morgan fingerprint density at radius 2 is 1.36 bits per heavy atom. The van der Waals surface area contributed by atoms with E-state index < -0.39 is 11.0 Å². The zero-order valence-electron chi connectivity index (χ0n) is 27.1. The van der Waals surface area contributed by atoms with Crippen LogP contribution in [0.4, 0.5) is 0 Å². The van der Waals surface area contributed by atoms with Crippen LogP contribution >= 0.6 is 0 Å². The number of benzene rings is 6. The lowest BCUT2D eigenvalue weighted by atomic mass is 9.85. The molecule has 0 bridgehead atoms. The molecule has 1 saturated carbocycles. The van der Waals surface area contributed by atoms with Crippen molar-refractivity contribution in [3.05, 3.63) is 198 Å². The number of nitrogens with one attached hydrogen (secondary N) is 1. The fourth-order valence-electron chi connectivity index (χ4n) is 8.95. The van der Waals surface area contributed by atoms with Gasteiger partial charge in [-0.3, -0.25) is 4.99 Å². The highest BCUT2D eigenvalue weighted by atomic mass is 16.5. The van der Waals surface area contributed by atoms with Crippen molar-refractivity contribution in [3.63, 3.8) is 0 Å². The molecule has 0 amide bonds. The molecule has 6 aromatic carbocycles. The summed E-state index contributed by atoms with van der Waals surface area (Å²) in [4.78, 5) is 5.61. The van der Waals surface area contributed by atoms with E-state index in [0.717, 1.165) is 51.0 Å². The van der Waals surface area contributed by atoms with Crippen LogP contribution in [-0.2, 0) is 5.41 Å². The minimum absolute atomic E-state index is 0.120. The first kappa shape index (κ1) is 27.5. The number of ether oxygens (including phenoxy) is 1. The van der Waals surface area contributed by atoms with Crippen molar-refractivity contribution in [1.82, 2.24) is 9.88 Å². The van der Waals surface area contributed by atoms with E-state index in [1.165, 1.54) is 27.4 Å². The Morgan fingerprint density at radius 3 is 2.18 bits per heavy atom. The Balaban J connectivity index is 1.11. The van der Waals surface area contributed by atoms with Gasteiger partial charge < -0.3 is 14.6 Å². The van der Waals surface area contributed by atoms with Crippen molar-refractivity contribution in [3.8, 4) is 22.6 Å². The highest BCUT2D eigenvalue weighted by Gasteiger charge is 2.82. The van der Waals surface area contributed by atoms with Crippen molar-refractivity contribution >= 4 is 33.3 Å². The maximum Gasteiger partial charge on any atom is 0.139 e. The average Bonchev–Trinajstić information content (AvgIpc) is 3.42. The Hall–Kier alpha value is -6.39. The minimum Gasteiger partial charge on any atom is -0.460 e. The van der Waals surface area contributed by atoms with E-state index in [4.69, 9.17) is 9.73 Å². The van der Waals surface area contributed by atoms with Crippen molar-refractivity contribution < 1.29 is 4.74 Å². The van der Waals surface area contributed by atoms with Gasteiger partial charge in [0.15, 0.2) is 0 Å². The van der Waals surface area contributed by atoms with E-state index in [-0.39, 0.29) is 5.92 Å². The second kappa shape index (κ2) is 10.1. The molecule has 50 heavy (non-hydrogen) atoms. The molecule has 0 saturated heterocycles. The number of fused-ring (bicyclic) bond motifs is 5. The van der Waals surface area contributed by atoms with Gasteiger partial charge in [0.25, 0.3) is 0 Å². The molecule has 0 radical (unpaired) electrons. The number of para-hydroxylation sites is 3. The summed E-state index contributed by atoms with van der Waals surface area (Å²) in [6.45, 7) is 0. The highest BCUT2D eigenvalue weighted by Crippen LogP contribution is 2.76. The molecule has 3 heterocycles. The quantitative estimate of drug-likeness (QED) is 0.208. The third kappa shape index (κ3) is 3.57. The predicted molar refractivity (Wildman–Crippen MR) is 203 cm³/mol. The summed E-state index contributed by atoms with van der Waals surface area (Å²) < 4.78 is 9.40. The first-order valence-electron chi connectivity index (χ1n) is 17.3. The number of hydrogen-bond donors (Lipinski definition) is 1. The normalized spacial score (nSPS) is 22.6. The molecule has 3 unspecified atom stereocenters. The first-order valence-corrected chi connectivity index (χ1v) is 17.3. The van der Waals surface area contributed by atoms with E-state index >= 15 is 0 Å². The van der Waals surface area contributed by atoms with Gasteiger partial charge in [0.05, 0.1) is 16.4 Å². The fraction of sp³-hybridized carbons (Fsp3) is 0.0652. The van der Waals surface area contributed by atoms with Gasteiger partial charge in [-0.25, -0.2) is 0 Å². The number of allylic oxidation sites excluding steroid dienone is 2. The van der Waals surface area contributed by atoms with Crippen LogP contribution in [0.5, 0.6) is 5.75 Å². The van der Waals surface area contributed by atoms with Crippen LogP contribution in [0.3, 0.4) is 0 Å². The van der Waals surface area contributed by atoms with Gasteiger partial charge in [-0.15, -0.1) is 0 Å². The lowest BCUT2D eigenvalue weighted by molar-refractivity contribution is 0.411. The smallest absolute Gasteiger partial charge is 0.139 e. The molecule has 236 valence electrons. The molecule has 4 heteroatoms. The molecule has 1 N–H and O–H groups in total. The molecule has 2 aliphatic carbocycles. The van der Waals surface area contributed by atoms with Crippen LogP contribution in [0.1, 0.15) is 16.7 Å². The summed E-state index contributed by atoms with van der Waals surface area (Å²) in [5, 5.41) is 6.18. The van der Waals surface area contributed by atoms with Crippen molar-refractivity contribution in [2.75, 3.05) is 0 Å². The Labute approximate surface area is 290 Å². The highest BCUT2D eigenvalue weighted by molar-refractivity contribution is 6.10. The second-order valence-corrected chi connectivity index (χ2v) is 13.6. The molecule has 11 rings (SSSR count). The summed E-state index contributed by atoms with van der Waals surface area (Å²) in [5.41, 5.74) is 9.24. The van der Waals surface area contributed by atoms with Crippen LogP contribution in [0.25, 0.3) is 44.3 Å². The summed E-state index contributed by atoms with van der Waals surface area (Å²) in [5.74, 6) is 2.89. The lowest BCUT2D eigenvalue weighted by Crippen LogP contribution is -2.34. The van der Waals surface area contributed by atoms with Crippen molar-refractivity contribution in [2.24, 2.45) is 10.9 Å². The molecule has 7 aromatic rings. The molecular weight excluding hydrogens is 611 g/mol. The van der Waals surface area contributed by atoms with E-state index in [1.54, 1.807) is 0 Å². The summed E-state index contributed by atoms with van der Waals surface area (Å²) in [7, 11) is 0. The maximum absolute atomic E-state index is 7.02. The lowest BCUT2D eigenvalue weighted by Gasteiger charge is -2.26. The number of aromatic nitrogens is 1. The van der Waals surface area contributed by atoms with Gasteiger partial charge in [0, 0.05) is 44.8 Å².